The number of nitrogens with zero attached hydrogens (tertiary/aromatic N) is 1. The van der Waals surface area contributed by atoms with Crippen molar-refractivity contribution in [2.45, 2.75) is 11.1 Å². The summed E-state index contributed by atoms with van der Waals surface area (Å²) >= 11 is 2.20. The standard InChI is InChI=1S/C14H12N2O2S2/c1-2-18-13(17)12-11(16)10(14(20-12)19-8-15)9-6-4-3-5-7-9/h3-7H,2,16H2,1H3. The van der Waals surface area contributed by atoms with Crippen LogP contribution in [0.3, 0.4) is 0 Å². The quantitative estimate of drug-likeness (QED) is 0.529. The van der Waals surface area contributed by atoms with E-state index in [4.69, 9.17) is 15.7 Å². The Bertz CT molecular complexity index is 660. The molecule has 20 heavy (non-hydrogen) atoms. The summed E-state index contributed by atoms with van der Waals surface area (Å²) in [7, 11) is 0. The molecule has 0 aliphatic carbocycles. The van der Waals surface area contributed by atoms with Crippen molar-refractivity contribution in [2.24, 2.45) is 0 Å². The number of thiocyanates is 1. The second-order valence-electron chi connectivity index (χ2n) is 3.79. The maximum atomic E-state index is 11.9. The maximum Gasteiger partial charge on any atom is 0.350 e. The Morgan fingerprint density at radius 1 is 1.45 bits per heavy atom. The van der Waals surface area contributed by atoms with Gasteiger partial charge in [0.05, 0.1) is 16.5 Å². The minimum Gasteiger partial charge on any atom is -0.462 e. The van der Waals surface area contributed by atoms with Crippen LogP contribution >= 0.6 is 23.1 Å². The van der Waals surface area contributed by atoms with Crippen molar-refractivity contribution in [3.63, 3.8) is 0 Å². The van der Waals surface area contributed by atoms with E-state index in [1.54, 1.807) is 6.92 Å². The van der Waals surface area contributed by atoms with Gasteiger partial charge >= 0.3 is 5.97 Å². The second-order valence-corrected chi connectivity index (χ2v) is 5.86. The van der Waals surface area contributed by atoms with E-state index < -0.39 is 5.97 Å². The molecule has 0 aliphatic heterocycles. The molecular formula is C14H12N2O2S2. The third-order valence-electron chi connectivity index (χ3n) is 2.57. The number of carbonyl (C=O) groups is 1. The lowest BCUT2D eigenvalue weighted by Gasteiger charge is -2.03. The number of hydrogen-bond donors (Lipinski definition) is 1. The largest absolute Gasteiger partial charge is 0.462 e. The van der Waals surface area contributed by atoms with E-state index >= 15 is 0 Å². The SMILES string of the molecule is CCOC(=O)c1sc(SC#N)c(-c2ccccc2)c1N. The van der Waals surface area contributed by atoms with Crippen LogP contribution in [-0.4, -0.2) is 12.6 Å². The fourth-order valence-corrected chi connectivity index (χ4v) is 3.57. The number of benzene rings is 1. The van der Waals surface area contributed by atoms with Gasteiger partial charge in [0.2, 0.25) is 0 Å². The number of esters is 1. The van der Waals surface area contributed by atoms with Crippen LogP contribution < -0.4 is 5.73 Å². The van der Waals surface area contributed by atoms with Gasteiger partial charge in [0, 0.05) is 17.3 Å². The molecule has 102 valence electrons. The van der Waals surface area contributed by atoms with Crippen LogP contribution in [0.5, 0.6) is 0 Å². The van der Waals surface area contributed by atoms with Crippen LogP contribution in [0.25, 0.3) is 11.1 Å². The van der Waals surface area contributed by atoms with Crippen LogP contribution in [0.4, 0.5) is 5.69 Å². The van der Waals surface area contributed by atoms with Gasteiger partial charge in [-0.1, -0.05) is 30.3 Å². The molecule has 2 rings (SSSR count). The smallest absolute Gasteiger partial charge is 0.350 e. The van der Waals surface area contributed by atoms with Crippen LogP contribution in [0.1, 0.15) is 16.6 Å². The van der Waals surface area contributed by atoms with E-state index in [1.165, 1.54) is 11.3 Å². The van der Waals surface area contributed by atoms with Crippen molar-refractivity contribution in [1.29, 1.82) is 5.26 Å². The van der Waals surface area contributed by atoms with Crippen molar-refractivity contribution < 1.29 is 9.53 Å². The Hall–Kier alpha value is -1.97. The zero-order valence-corrected chi connectivity index (χ0v) is 12.4. The molecule has 4 nitrogen and oxygen atoms in total. The molecule has 0 saturated carbocycles. The summed E-state index contributed by atoms with van der Waals surface area (Å²) in [6.45, 7) is 2.03. The van der Waals surface area contributed by atoms with Crippen molar-refractivity contribution in [2.75, 3.05) is 12.3 Å². The number of nitrogen functional groups attached to an aromatic ring is 1. The van der Waals surface area contributed by atoms with E-state index in [0.29, 0.717) is 14.8 Å². The molecule has 0 atom stereocenters. The number of hydrogen-bond acceptors (Lipinski definition) is 6. The molecule has 2 aromatic rings. The highest BCUT2D eigenvalue weighted by Crippen LogP contribution is 2.44. The highest BCUT2D eigenvalue weighted by Gasteiger charge is 2.23. The normalized spacial score (nSPS) is 10.0. The first kappa shape index (κ1) is 14.4. The lowest BCUT2D eigenvalue weighted by molar-refractivity contribution is 0.0533. The molecule has 0 bridgehead atoms. The first-order valence-corrected chi connectivity index (χ1v) is 7.53. The fraction of sp³-hybridized carbons (Fsp3) is 0.143. The van der Waals surface area contributed by atoms with Crippen molar-refractivity contribution >= 4 is 34.8 Å². The topological polar surface area (TPSA) is 76.1 Å². The Morgan fingerprint density at radius 2 is 2.15 bits per heavy atom. The molecule has 0 unspecified atom stereocenters. The average molecular weight is 304 g/mol. The molecule has 0 amide bonds. The summed E-state index contributed by atoms with van der Waals surface area (Å²) in [6, 6.07) is 9.47. The molecule has 2 N–H and O–H groups in total. The monoisotopic (exact) mass is 304 g/mol. The number of thioether (sulfide) groups is 1. The predicted molar refractivity (Wildman–Crippen MR) is 81.6 cm³/mol. The molecule has 0 radical (unpaired) electrons. The third kappa shape index (κ3) is 2.79. The molecular weight excluding hydrogens is 292 g/mol. The summed E-state index contributed by atoms with van der Waals surface area (Å²) < 4.78 is 5.70. The van der Waals surface area contributed by atoms with Gasteiger partial charge in [-0.15, -0.1) is 11.3 Å². The summed E-state index contributed by atoms with van der Waals surface area (Å²) in [6.07, 6.45) is 0. The van der Waals surface area contributed by atoms with Gasteiger partial charge in [-0.25, -0.2) is 4.79 Å². The first-order chi connectivity index (χ1) is 9.69. The van der Waals surface area contributed by atoms with E-state index in [9.17, 15) is 4.79 Å². The summed E-state index contributed by atoms with van der Waals surface area (Å²) in [5.74, 6) is -0.447. The highest BCUT2D eigenvalue weighted by molar-refractivity contribution is 8.05. The Balaban J connectivity index is 2.55. The molecule has 1 aromatic carbocycles. The predicted octanol–water partition coefficient (Wildman–Crippen LogP) is 3.75. The van der Waals surface area contributed by atoms with Gasteiger partial charge in [-0.05, 0) is 12.5 Å². The van der Waals surface area contributed by atoms with E-state index in [-0.39, 0.29) is 6.61 Å². The van der Waals surface area contributed by atoms with Gasteiger partial charge in [-0.3, -0.25) is 0 Å². The van der Waals surface area contributed by atoms with Crippen LogP contribution in [0.15, 0.2) is 34.5 Å². The molecule has 1 heterocycles. The molecule has 1 aromatic heterocycles. The van der Waals surface area contributed by atoms with Gasteiger partial charge in [0.15, 0.2) is 0 Å². The molecule has 0 aliphatic rings. The Labute approximate surface area is 125 Å². The number of thiophene rings is 1. The third-order valence-corrected chi connectivity index (χ3v) is 4.54. The van der Waals surface area contributed by atoms with Crippen molar-refractivity contribution in [1.82, 2.24) is 0 Å². The second kappa shape index (κ2) is 6.46. The molecule has 6 heteroatoms. The van der Waals surface area contributed by atoms with E-state index in [2.05, 4.69) is 0 Å². The van der Waals surface area contributed by atoms with Crippen LogP contribution in [-0.2, 0) is 4.74 Å². The van der Waals surface area contributed by atoms with Gasteiger partial charge < -0.3 is 10.5 Å². The van der Waals surface area contributed by atoms with Gasteiger partial charge in [0.1, 0.15) is 10.3 Å². The number of nitriles is 1. The summed E-state index contributed by atoms with van der Waals surface area (Å²) in [5, 5.41) is 10.9. The number of carbonyl (C=O) groups excluding carboxylic acids is 1. The minimum absolute atomic E-state index is 0.289. The molecule has 0 fully saturated rings. The first-order valence-electron chi connectivity index (χ1n) is 5.89. The van der Waals surface area contributed by atoms with Crippen molar-refractivity contribution in [3.8, 4) is 16.5 Å². The zero-order valence-electron chi connectivity index (χ0n) is 10.8. The van der Waals surface area contributed by atoms with Crippen LogP contribution in [0.2, 0.25) is 0 Å². The number of nitrogens with two attached hydrogens (primary N) is 1. The lowest BCUT2D eigenvalue weighted by atomic mass is 10.1. The molecule has 0 spiro atoms. The Kier molecular flexibility index (Phi) is 4.66. The lowest BCUT2D eigenvalue weighted by Crippen LogP contribution is -2.05. The van der Waals surface area contributed by atoms with Crippen molar-refractivity contribution in [3.05, 3.63) is 35.2 Å². The minimum atomic E-state index is -0.447. The van der Waals surface area contributed by atoms with Crippen LogP contribution in [0, 0.1) is 10.7 Å². The summed E-state index contributed by atoms with van der Waals surface area (Å²) in [4.78, 5) is 12.2. The number of anilines is 1. The van der Waals surface area contributed by atoms with Gasteiger partial charge in [-0.2, -0.15) is 5.26 Å². The highest BCUT2D eigenvalue weighted by atomic mass is 32.2. The maximum absolute atomic E-state index is 11.9. The van der Waals surface area contributed by atoms with Gasteiger partial charge in [0.25, 0.3) is 0 Å². The zero-order chi connectivity index (χ0) is 14.5. The summed E-state index contributed by atoms with van der Waals surface area (Å²) in [5.41, 5.74) is 8.07. The van der Waals surface area contributed by atoms with E-state index in [1.807, 2.05) is 35.7 Å². The fourth-order valence-electron chi connectivity index (χ4n) is 1.76. The Morgan fingerprint density at radius 3 is 2.75 bits per heavy atom. The number of rotatable bonds is 4. The number of ether oxygens (including phenoxy) is 1. The van der Waals surface area contributed by atoms with E-state index in [0.717, 1.165) is 22.9 Å². The average Bonchev–Trinajstić information content (AvgIpc) is 2.77. The molecule has 0 saturated heterocycles.